The second-order valence-electron chi connectivity index (χ2n) is 5.40. The normalized spacial score (nSPS) is 17.3. The standard InChI is InChI=1S/C15H16N4O4/c1-9-3-2-4-13(16-9)23-10-5-6-19(8-10)14(21)11-7-12(20)18-15(22)17-11/h2-4,7,10H,5-6,8H2,1H3,(H2,17,18,20,22). The summed E-state index contributed by atoms with van der Waals surface area (Å²) in [4.78, 5) is 45.1. The molecule has 2 N–H and O–H groups in total. The number of carbonyl (C=O) groups is 1. The Morgan fingerprint density at radius 1 is 1.35 bits per heavy atom. The fourth-order valence-electron chi connectivity index (χ4n) is 2.52. The highest BCUT2D eigenvalue weighted by Crippen LogP contribution is 2.18. The van der Waals surface area contributed by atoms with Crippen LogP contribution >= 0.6 is 0 Å². The van der Waals surface area contributed by atoms with E-state index in [9.17, 15) is 14.4 Å². The lowest BCUT2D eigenvalue weighted by Gasteiger charge is -2.16. The molecule has 1 amide bonds. The van der Waals surface area contributed by atoms with E-state index in [4.69, 9.17) is 4.74 Å². The van der Waals surface area contributed by atoms with Crippen molar-refractivity contribution < 1.29 is 9.53 Å². The number of ether oxygens (including phenoxy) is 1. The molecule has 2 aromatic heterocycles. The number of likely N-dealkylation sites (tertiary alicyclic amines) is 1. The van der Waals surface area contributed by atoms with Crippen molar-refractivity contribution in [1.82, 2.24) is 19.9 Å². The van der Waals surface area contributed by atoms with Gasteiger partial charge in [0.15, 0.2) is 0 Å². The minimum atomic E-state index is -0.697. The molecule has 8 heteroatoms. The Labute approximate surface area is 131 Å². The number of nitrogens with one attached hydrogen (secondary N) is 2. The fraction of sp³-hybridized carbons (Fsp3) is 0.333. The molecular weight excluding hydrogens is 300 g/mol. The zero-order chi connectivity index (χ0) is 16.4. The van der Waals surface area contributed by atoms with Gasteiger partial charge in [-0.15, -0.1) is 0 Å². The molecule has 1 unspecified atom stereocenters. The van der Waals surface area contributed by atoms with Crippen LogP contribution in [0.15, 0.2) is 33.9 Å². The van der Waals surface area contributed by atoms with Crippen LogP contribution in [0.1, 0.15) is 22.6 Å². The van der Waals surface area contributed by atoms with Crippen molar-refractivity contribution in [2.24, 2.45) is 0 Å². The highest BCUT2D eigenvalue weighted by molar-refractivity contribution is 5.92. The van der Waals surface area contributed by atoms with Crippen LogP contribution in [0.25, 0.3) is 0 Å². The van der Waals surface area contributed by atoms with E-state index in [1.54, 1.807) is 11.0 Å². The molecule has 3 heterocycles. The molecule has 8 nitrogen and oxygen atoms in total. The van der Waals surface area contributed by atoms with Gasteiger partial charge in [-0.2, -0.15) is 0 Å². The summed E-state index contributed by atoms with van der Waals surface area (Å²) in [6.07, 6.45) is 0.497. The van der Waals surface area contributed by atoms with Gasteiger partial charge in [-0.05, 0) is 13.0 Å². The predicted octanol–water partition coefficient (Wildman–Crippen LogP) is 0.0601. The summed E-state index contributed by atoms with van der Waals surface area (Å²) in [7, 11) is 0. The van der Waals surface area contributed by atoms with Gasteiger partial charge in [-0.3, -0.25) is 14.6 Å². The molecule has 2 aromatic rings. The third-order valence-electron chi connectivity index (χ3n) is 3.57. The van der Waals surface area contributed by atoms with Crippen molar-refractivity contribution in [1.29, 1.82) is 0 Å². The number of rotatable bonds is 3. The van der Waals surface area contributed by atoms with E-state index in [0.717, 1.165) is 11.8 Å². The van der Waals surface area contributed by atoms with E-state index < -0.39 is 17.2 Å². The summed E-state index contributed by atoms with van der Waals surface area (Å²) in [5, 5.41) is 0. The Kier molecular flexibility index (Phi) is 3.96. The smallest absolute Gasteiger partial charge is 0.326 e. The number of amides is 1. The predicted molar refractivity (Wildman–Crippen MR) is 81.6 cm³/mol. The number of hydrogen-bond donors (Lipinski definition) is 2. The Morgan fingerprint density at radius 3 is 2.91 bits per heavy atom. The number of carbonyl (C=O) groups excluding carboxylic acids is 1. The summed E-state index contributed by atoms with van der Waals surface area (Å²) in [5.74, 6) is 0.130. The van der Waals surface area contributed by atoms with Gasteiger partial charge in [0.05, 0.1) is 6.54 Å². The molecule has 0 bridgehead atoms. The zero-order valence-electron chi connectivity index (χ0n) is 12.5. The molecule has 1 saturated heterocycles. The van der Waals surface area contributed by atoms with E-state index in [2.05, 4.69) is 9.97 Å². The third-order valence-corrected chi connectivity index (χ3v) is 3.57. The van der Waals surface area contributed by atoms with Crippen LogP contribution in [0, 0.1) is 6.92 Å². The number of H-pyrrole nitrogens is 2. The molecule has 0 saturated carbocycles. The van der Waals surface area contributed by atoms with Crippen LogP contribution < -0.4 is 16.0 Å². The molecular formula is C15H16N4O4. The Bertz CT molecular complexity index is 813. The molecule has 0 aliphatic carbocycles. The van der Waals surface area contributed by atoms with Crippen LogP contribution in [0.5, 0.6) is 5.88 Å². The number of hydrogen-bond acceptors (Lipinski definition) is 5. The number of aryl methyl sites for hydroxylation is 1. The molecule has 23 heavy (non-hydrogen) atoms. The van der Waals surface area contributed by atoms with Crippen molar-refractivity contribution in [2.45, 2.75) is 19.4 Å². The summed E-state index contributed by atoms with van der Waals surface area (Å²) in [6.45, 7) is 2.74. The number of nitrogens with zero attached hydrogens (tertiary/aromatic N) is 2. The lowest BCUT2D eigenvalue weighted by molar-refractivity contribution is 0.0764. The SMILES string of the molecule is Cc1cccc(OC2CCN(C(=O)c3cc(=O)[nH]c(=O)[nH]3)C2)n1. The average molecular weight is 316 g/mol. The van der Waals surface area contributed by atoms with Crippen LogP contribution in [0.2, 0.25) is 0 Å². The van der Waals surface area contributed by atoms with Gasteiger partial charge < -0.3 is 14.6 Å². The zero-order valence-corrected chi connectivity index (χ0v) is 12.5. The average Bonchev–Trinajstić information content (AvgIpc) is 2.94. The second kappa shape index (κ2) is 6.07. The first-order valence-corrected chi connectivity index (χ1v) is 7.24. The highest BCUT2D eigenvalue weighted by Gasteiger charge is 2.29. The molecule has 1 fully saturated rings. The molecule has 3 rings (SSSR count). The van der Waals surface area contributed by atoms with Gasteiger partial charge in [0.1, 0.15) is 11.8 Å². The molecule has 1 aliphatic heterocycles. The largest absolute Gasteiger partial charge is 0.472 e. The maximum absolute atomic E-state index is 12.3. The number of aromatic amines is 2. The molecule has 0 radical (unpaired) electrons. The van der Waals surface area contributed by atoms with Crippen LogP contribution in [0.3, 0.4) is 0 Å². The van der Waals surface area contributed by atoms with Crippen molar-refractivity contribution in [3.63, 3.8) is 0 Å². The molecule has 1 aliphatic rings. The molecule has 1 atom stereocenters. The van der Waals surface area contributed by atoms with E-state index in [1.165, 1.54) is 0 Å². The number of pyridine rings is 1. The first-order valence-electron chi connectivity index (χ1n) is 7.24. The summed E-state index contributed by atoms with van der Waals surface area (Å²) < 4.78 is 5.78. The van der Waals surface area contributed by atoms with Gasteiger partial charge >= 0.3 is 5.69 Å². The van der Waals surface area contributed by atoms with Gasteiger partial charge in [-0.25, -0.2) is 9.78 Å². The van der Waals surface area contributed by atoms with Crippen molar-refractivity contribution in [3.8, 4) is 5.88 Å². The maximum Gasteiger partial charge on any atom is 0.326 e. The third kappa shape index (κ3) is 3.47. The lowest BCUT2D eigenvalue weighted by Crippen LogP contribution is -2.34. The summed E-state index contributed by atoms with van der Waals surface area (Å²) in [6, 6.07) is 6.59. The first-order chi connectivity index (χ1) is 11.0. The van der Waals surface area contributed by atoms with Gasteiger partial charge in [0.25, 0.3) is 11.5 Å². The first kappa shape index (κ1) is 15.0. The topological polar surface area (TPSA) is 108 Å². The van der Waals surface area contributed by atoms with E-state index in [-0.39, 0.29) is 11.8 Å². The van der Waals surface area contributed by atoms with Gasteiger partial charge in [0, 0.05) is 30.8 Å². The van der Waals surface area contributed by atoms with Crippen molar-refractivity contribution in [2.75, 3.05) is 13.1 Å². The molecule has 120 valence electrons. The fourth-order valence-corrected chi connectivity index (χ4v) is 2.52. The molecule has 0 aromatic carbocycles. The Balaban J connectivity index is 1.68. The Hall–Kier alpha value is -2.90. The van der Waals surface area contributed by atoms with Crippen molar-refractivity contribution in [3.05, 3.63) is 56.5 Å². The quantitative estimate of drug-likeness (QED) is 0.832. The van der Waals surface area contributed by atoms with Gasteiger partial charge in [-0.1, -0.05) is 6.07 Å². The highest BCUT2D eigenvalue weighted by atomic mass is 16.5. The monoisotopic (exact) mass is 316 g/mol. The van der Waals surface area contributed by atoms with Crippen LogP contribution in [0.4, 0.5) is 0 Å². The summed E-state index contributed by atoms with van der Waals surface area (Å²) in [5.41, 5.74) is -0.465. The van der Waals surface area contributed by atoms with E-state index in [1.807, 2.05) is 24.0 Å². The second-order valence-corrected chi connectivity index (χ2v) is 5.40. The molecule has 0 spiro atoms. The van der Waals surface area contributed by atoms with E-state index >= 15 is 0 Å². The van der Waals surface area contributed by atoms with Gasteiger partial charge in [0.2, 0.25) is 5.88 Å². The van der Waals surface area contributed by atoms with Crippen LogP contribution in [-0.2, 0) is 0 Å². The van der Waals surface area contributed by atoms with E-state index in [0.29, 0.717) is 25.4 Å². The van der Waals surface area contributed by atoms with Crippen molar-refractivity contribution >= 4 is 5.91 Å². The van der Waals surface area contributed by atoms with Crippen LogP contribution in [-0.4, -0.2) is 45.0 Å². The Morgan fingerprint density at radius 2 is 2.17 bits per heavy atom. The minimum Gasteiger partial charge on any atom is -0.472 e. The number of aromatic nitrogens is 3. The lowest BCUT2D eigenvalue weighted by atomic mass is 10.3. The maximum atomic E-state index is 12.3. The summed E-state index contributed by atoms with van der Waals surface area (Å²) >= 11 is 0. The minimum absolute atomic E-state index is 0.0203.